The minimum atomic E-state index is -0.520. The zero-order valence-corrected chi connectivity index (χ0v) is 17.0. The molecule has 28 heavy (non-hydrogen) atoms. The summed E-state index contributed by atoms with van der Waals surface area (Å²) in [5.41, 5.74) is 2.63. The van der Waals surface area contributed by atoms with Crippen molar-refractivity contribution in [3.63, 3.8) is 0 Å². The van der Waals surface area contributed by atoms with Gasteiger partial charge in [-0.2, -0.15) is 5.26 Å². The lowest BCUT2D eigenvalue weighted by atomic mass is 10.1. The molecule has 3 rings (SSSR count). The third-order valence-corrected chi connectivity index (χ3v) is 5.84. The molecule has 2 aromatic rings. The summed E-state index contributed by atoms with van der Waals surface area (Å²) >= 11 is 7.21. The first-order chi connectivity index (χ1) is 13.4. The molecule has 1 fully saturated rings. The zero-order chi connectivity index (χ0) is 20.3. The summed E-state index contributed by atoms with van der Waals surface area (Å²) < 4.78 is 0. The fourth-order valence-corrected chi connectivity index (χ4v) is 4.42. The van der Waals surface area contributed by atoms with Crippen LogP contribution in [0.15, 0.2) is 59.1 Å². The first-order valence-corrected chi connectivity index (χ1v) is 9.88. The van der Waals surface area contributed by atoms with Crippen molar-refractivity contribution in [3.05, 3.63) is 75.3 Å². The second-order valence-corrected chi connectivity index (χ2v) is 7.95. The van der Waals surface area contributed by atoms with Crippen LogP contribution < -0.4 is 10.2 Å². The van der Waals surface area contributed by atoms with Crippen LogP contribution >= 0.6 is 23.4 Å². The van der Waals surface area contributed by atoms with Gasteiger partial charge >= 0.3 is 0 Å². The monoisotopic (exact) mass is 411 g/mol. The van der Waals surface area contributed by atoms with Gasteiger partial charge in [0.2, 0.25) is 5.91 Å². The van der Waals surface area contributed by atoms with Gasteiger partial charge in [-0.05, 0) is 43.2 Å². The number of hydrogen-bond donors (Lipinski definition) is 1. The number of benzene rings is 2. The number of carbonyl (C=O) groups is 2. The molecule has 1 N–H and O–H groups in total. The first-order valence-electron chi connectivity index (χ1n) is 8.62. The molecule has 142 valence electrons. The highest BCUT2D eigenvalue weighted by molar-refractivity contribution is 8.05. The van der Waals surface area contributed by atoms with E-state index < -0.39 is 11.2 Å². The second-order valence-electron chi connectivity index (χ2n) is 6.32. The van der Waals surface area contributed by atoms with E-state index in [4.69, 9.17) is 11.6 Å². The lowest BCUT2D eigenvalue weighted by Gasteiger charge is -2.18. The molecule has 0 aromatic heterocycles. The first kappa shape index (κ1) is 20.0. The van der Waals surface area contributed by atoms with E-state index in [0.29, 0.717) is 22.2 Å². The summed E-state index contributed by atoms with van der Waals surface area (Å²) in [6.07, 6.45) is 0.505. The molecule has 0 bridgehead atoms. The molecule has 1 heterocycles. The van der Waals surface area contributed by atoms with E-state index in [0.717, 1.165) is 11.1 Å². The number of nitriles is 1. The number of hydrogen-bond acceptors (Lipinski definition) is 4. The number of likely N-dealkylation sites (N-methyl/N-ethyl adjacent to an activating group) is 1. The van der Waals surface area contributed by atoms with Crippen LogP contribution in [-0.4, -0.2) is 24.1 Å². The fourth-order valence-electron chi connectivity index (χ4n) is 2.99. The van der Waals surface area contributed by atoms with Crippen LogP contribution in [0.4, 0.5) is 5.69 Å². The van der Waals surface area contributed by atoms with E-state index in [-0.39, 0.29) is 11.5 Å². The number of nitrogens with zero attached hydrogens (tertiary/aromatic N) is 2. The highest BCUT2D eigenvalue weighted by Crippen LogP contribution is 2.42. The van der Waals surface area contributed by atoms with Gasteiger partial charge in [0.1, 0.15) is 16.7 Å². The number of halogens is 1. The van der Waals surface area contributed by atoms with Gasteiger partial charge in [0, 0.05) is 17.8 Å². The molecule has 2 aromatic carbocycles. The summed E-state index contributed by atoms with van der Waals surface area (Å²) in [4.78, 5) is 26.9. The van der Waals surface area contributed by atoms with Crippen molar-refractivity contribution < 1.29 is 9.59 Å². The van der Waals surface area contributed by atoms with Crippen LogP contribution in [0.5, 0.6) is 0 Å². The molecule has 1 aliphatic heterocycles. The molecule has 1 aliphatic rings. The maximum absolute atomic E-state index is 13.2. The van der Waals surface area contributed by atoms with Crippen molar-refractivity contribution >= 4 is 40.9 Å². The average molecular weight is 412 g/mol. The Kier molecular flexibility index (Phi) is 6.08. The topological polar surface area (TPSA) is 73.2 Å². The molecule has 7 heteroatoms. The largest absolute Gasteiger partial charge is 0.354 e. The molecular weight excluding hydrogens is 394 g/mol. The van der Waals surface area contributed by atoms with Crippen LogP contribution in [0.1, 0.15) is 11.1 Å². The Balaban J connectivity index is 2.04. The second kappa shape index (κ2) is 8.51. The van der Waals surface area contributed by atoms with Gasteiger partial charge < -0.3 is 5.32 Å². The van der Waals surface area contributed by atoms with Crippen LogP contribution in [0, 0.1) is 18.3 Å². The van der Waals surface area contributed by atoms with E-state index in [1.54, 1.807) is 24.3 Å². The molecule has 2 amide bonds. The van der Waals surface area contributed by atoms with E-state index in [1.807, 2.05) is 37.3 Å². The molecule has 0 unspecified atom stereocenters. The minimum absolute atomic E-state index is 0.0810. The van der Waals surface area contributed by atoms with E-state index in [1.165, 1.54) is 23.7 Å². The van der Waals surface area contributed by atoms with Gasteiger partial charge in [0.25, 0.3) is 5.91 Å². The summed E-state index contributed by atoms with van der Waals surface area (Å²) in [6.45, 7) is 2.00. The number of carbonyl (C=O) groups excluding carboxylic acids is 2. The van der Waals surface area contributed by atoms with Crippen molar-refractivity contribution in [1.82, 2.24) is 5.32 Å². The number of anilines is 1. The van der Waals surface area contributed by atoms with Crippen molar-refractivity contribution in [2.45, 2.75) is 18.6 Å². The molecule has 5 nitrogen and oxygen atoms in total. The molecular formula is C21H18ClN3O2S. The lowest BCUT2D eigenvalue weighted by Crippen LogP contribution is -2.31. The quantitative estimate of drug-likeness (QED) is 0.613. The Bertz CT molecular complexity index is 995. The number of rotatable bonds is 4. The maximum atomic E-state index is 13.2. The predicted molar refractivity (Wildman–Crippen MR) is 112 cm³/mol. The van der Waals surface area contributed by atoms with Crippen molar-refractivity contribution in [3.8, 4) is 6.07 Å². The van der Waals surface area contributed by atoms with Crippen molar-refractivity contribution in [1.29, 1.82) is 5.26 Å². The standard InChI is InChI=1S/C21H18ClN3O2S/c1-13-4-3-5-14(10-13)11-18-20(27)25(16-8-6-15(22)7-9-16)21(28-18)17(12-23)19(26)24-2/h3-10,18H,11H2,1-2H3,(H,24,26)/b21-17-/t18-/m1/s1. The molecule has 0 saturated carbocycles. The lowest BCUT2D eigenvalue weighted by molar-refractivity contribution is -0.117. The molecule has 1 saturated heterocycles. The Morgan fingerprint density at radius 3 is 2.61 bits per heavy atom. The van der Waals surface area contributed by atoms with Crippen LogP contribution in [0.25, 0.3) is 0 Å². The van der Waals surface area contributed by atoms with Gasteiger partial charge in [-0.3, -0.25) is 14.5 Å². The van der Waals surface area contributed by atoms with Crippen LogP contribution in [0.3, 0.4) is 0 Å². The van der Waals surface area contributed by atoms with Crippen LogP contribution in [-0.2, 0) is 16.0 Å². The summed E-state index contributed by atoms with van der Waals surface area (Å²) in [6, 6.07) is 16.7. The summed E-state index contributed by atoms with van der Waals surface area (Å²) in [7, 11) is 1.46. The number of aryl methyl sites for hydroxylation is 1. The van der Waals surface area contributed by atoms with Gasteiger partial charge in [-0.1, -0.05) is 53.2 Å². The Morgan fingerprint density at radius 2 is 2.00 bits per heavy atom. The Labute approximate surface area is 173 Å². The minimum Gasteiger partial charge on any atom is -0.354 e. The Morgan fingerprint density at radius 1 is 1.29 bits per heavy atom. The molecule has 1 atom stereocenters. The number of nitrogens with one attached hydrogen (secondary N) is 1. The van der Waals surface area contributed by atoms with E-state index >= 15 is 0 Å². The normalized spacial score (nSPS) is 18.0. The maximum Gasteiger partial charge on any atom is 0.264 e. The molecule has 0 spiro atoms. The SMILES string of the molecule is CNC(=O)/C(C#N)=C1\S[C@H](Cc2cccc(C)c2)C(=O)N1c1ccc(Cl)cc1. The van der Waals surface area contributed by atoms with Gasteiger partial charge in [-0.15, -0.1) is 0 Å². The Hall–Kier alpha value is -2.75. The number of amides is 2. The number of thioether (sulfide) groups is 1. The van der Waals surface area contributed by atoms with Gasteiger partial charge in [0.05, 0.1) is 5.25 Å². The van der Waals surface area contributed by atoms with Gasteiger partial charge in [0.15, 0.2) is 0 Å². The highest BCUT2D eigenvalue weighted by atomic mass is 35.5. The average Bonchev–Trinajstić information content (AvgIpc) is 2.99. The third-order valence-electron chi connectivity index (χ3n) is 4.32. The fraction of sp³-hybridized carbons (Fsp3) is 0.190. The highest BCUT2D eigenvalue weighted by Gasteiger charge is 2.40. The van der Waals surface area contributed by atoms with E-state index in [2.05, 4.69) is 5.32 Å². The predicted octanol–water partition coefficient (Wildman–Crippen LogP) is 3.82. The zero-order valence-electron chi connectivity index (χ0n) is 15.4. The van der Waals surface area contributed by atoms with Crippen molar-refractivity contribution in [2.24, 2.45) is 0 Å². The van der Waals surface area contributed by atoms with Crippen molar-refractivity contribution in [2.75, 3.05) is 11.9 Å². The third kappa shape index (κ3) is 4.06. The summed E-state index contributed by atoms with van der Waals surface area (Å²) in [5.74, 6) is -0.687. The van der Waals surface area contributed by atoms with Gasteiger partial charge in [-0.25, -0.2) is 0 Å². The smallest absolute Gasteiger partial charge is 0.264 e. The van der Waals surface area contributed by atoms with E-state index in [9.17, 15) is 14.9 Å². The molecule has 0 aliphatic carbocycles. The summed E-state index contributed by atoms with van der Waals surface area (Å²) in [5, 5.41) is 12.5. The molecule has 0 radical (unpaired) electrons. The van der Waals surface area contributed by atoms with Crippen LogP contribution in [0.2, 0.25) is 5.02 Å².